The molecule has 0 aliphatic carbocycles. The molecule has 0 aliphatic rings. The van der Waals surface area contributed by atoms with Gasteiger partial charge in [0.05, 0.1) is 18.5 Å². The molecule has 1 unspecified atom stereocenters. The zero-order valence-corrected chi connectivity index (χ0v) is 19.2. The summed E-state index contributed by atoms with van der Waals surface area (Å²) in [4.78, 5) is 8.32. The number of hydrogen-bond donors (Lipinski definition) is 1. The SMILES string of the molecule is CCCCCOC(C)CCCC=Cc1ccc(-c2ccc(-c3ncc(O)cn3)cc2)cc1. The molecule has 0 amide bonds. The largest absolute Gasteiger partial charge is 0.505 e. The highest BCUT2D eigenvalue weighted by Gasteiger charge is 2.03. The van der Waals surface area contributed by atoms with Crippen molar-refractivity contribution in [1.82, 2.24) is 9.97 Å². The lowest BCUT2D eigenvalue weighted by Crippen LogP contribution is -2.08. The second-order valence-electron chi connectivity index (χ2n) is 8.19. The first-order valence-corrected chi connectivity index (χ1v) is 11.7. The molecule has 0 saturated carbocycles. The van der Waals surface area contributed by atoms with Crippen LogP contribution in [0.4, 0.5) is 0 Å². The number of benzene rings is 2. The van der Waals surface area contributed by atoms with E-state index >= 15 is 0 Å². The van der Waals surface area contributed by atoms with Gasteiger partial charge in [-0.2, -0.15) is 0 Å². The predicted octanol–water partition coefficient (Wildman–Crippen LogP) is 7.30. The number of aromatic nitrogens is 2. The van der Waals surface area contributed by atoms with Gasteiger partial charge in [-0.1, -0.05) is 80.4 Å². The fourth-order valence-corrected chi connectivity index (χ4v) is 3.53. The summed E-state index contributed by atoms with van der Waals surface area (Å²) >= 11 is 0. The summed E-state index contributed by atoms with van der Waals surface area (Å²) in [7, 11) is 0. The summed E-state index contributed by atoms with van der Waals surface area (Å²) < 4.78 is 5.86. The van der Waals surface area contributed by atoms with Crippen LogP contribution in [0.2, 0.25) is 0 Å². The summed E-state index contributed by atoms with van der Waals surface area (Å²) in [5.74, 6) is 0.674. The van der Waals surface area contributed by atoms with Gasteiger partial charge < -0.3 is 9.84 Å². The van der Waals surface area contributed by atoms with Crippen molar-refractivity contribution in [2.75, 3.05) is 6.61 Å². The van der Waals surface area contributed by atoms with E-state index in [1.165, 1.54) is 42.8 Å². The normalized spacial score (nSPS) is 12.3. The summed E-state index contributed by atoms with van der Waals surface area (Å²) in [5, 5.41) is 9.33. The lowest BCUT2D eigenvalue weighted by Gasteiger charge is -2.12. The quantitative estimate of drug-likeness (QED) is 0.306. The Balaban J connectivity index is 1.45. The Morgan fingerprint density at radius 3 is 2.16 bits per heavy atom. The molecule has 3 rings (SSSR count). The van der Waals surface area contributed by atoms with Gasteiger partial charge in [-0.3, -0.25) is 0 Å². The number of allylic oxidation sites excluding steroid dienone is 1. The van der Waals surface area contributed by atoms with E-state index < -0.39 is 0 Å². The third-order valence-electron chi connectivity index (χ3n) is 5.47. The van der Waals surface area contributed by atoms with Crippen molar-refractivity contribution in [2.45, 2.75) is 58.5 Å². The monoisotopic (exact) mass is 430 g/mol. The average Bonchev–Trinajstić information content (AvgIpc) is 2.83. The molecule has 0 radical (unpaired) electrons. The van der Waals surface area contributed by atoms with E-state index in [4.69, 9.17) is 4.74 Å². The number of aromatic hydroxyl groups is 1. The highest BCUT2D eigenvalue weighted by Crippen LogP contribution is 2.24. The number of rotatable bonds is 12. The van der Waals surface area contributed by atoms with Crippen LogP contribution in [0.15, 0.2) is 67.0 Å². The van der Waals surface area contributed by atoms with E-state index in [1.54, 1.807) is 0 Å². The Kier molecular flexibility index (Phi) is 9.45. The first-order chi connectivity index (χ1) is 15.7. The van der Waals surface area contributed by atoms with E-state index in [1.807, 2.05) is 12.1 Å². The van der Waals surface area contributed by atoms with Crippen molar-refractivity contribution in [3.05, 3.63) is 72.6 Å². The minimum Gasteiger partial charge on any atom is -0.505 e. The highest BCUT2D eigenvalue weighted by molar-refractivity contribution is 5.69. The van der Waals surface area contributed by atoms with Crippen molar-refractivity contribution in [3.8, 4) is 28.3 Å². The molecule has 0 saturated heterocycles. The van der Waals surface area contributed by atoms with Crippen molar-refractivity contribution < 1.29 is 9.84 Å². The molecule has 0 fully saturated rings. The van der Waals surface area contributed by atoms with Crippen LogP contribution < -0.4 is 0 Å². The first-order valence-electron chi connectivity index (χ1n) is 11.7. The second kappa shape index (κ2) is 12.8. The number of unbranched alkanes of at least 4 members (excludes halogenated alkanes) is 3. The van der Waals surface area contributed by atoms with Gasteiger partial charge in [0.15, 0.2) is 11.6 Å². The minimum absolute atomic E-state index is 0.0703. The molecule has 0 bridgehead atoms. The summed E-state index contributed by atoms with van der Waals surface area (Å²) in [5.41, 5.74) is 4.46. The molecular weight excluding hydrogens is 396 g/mol. The lowest BCUT2D eigenvalue weighted by molar-refractivity contribution is 0.0566. The third-order valence-corrected chi connectivity index (χ3v) is 5.47. The van der Waals surface area contributed by atoms with Gasteiger partial charge in [0.1, 0.15) is 0 Å². The third kappa shape index (κ3) is 7.61. The Bertz CT molecular complexity index is 948. The highest BCUT2D eigenvalue weighted by atomic mass is 16.5. The van der Waals surface area contributed by atoms with E-state index in [0.29, 0.717) is 11.9 Å². The van der Waals surface area contributed by atoms with Gasteiger partial charge in [-0.15, -0.1) is 0 Å². The smallest absolute Gasteiger partial charge is 0.159 e. The van der Waals surface area contributed by atoms with Crippen molar-refractivity contribution >= 4 is 6.08 Å². The topological polar surface area (TPSA) is 55.2 Å². The molecule has 1 atom stereocenters. The maximum Gasteiger partial charge on any atom is 0.159 e. The van der Waals surface area contributed by atoms with Crippen LogP contribution in [-0.2, 0) is 4.74 Å². The van der Waals surface area contributed by atoms with Crippen LogP contribution in [0, 0.1) is 0 Å². The molecule has 1 heterocycles. The van der Waals surface area contributed by atoms with Gasteiger partial charge in [0, 0.05) is 12.2 Å². The van der Waals surface area contributed by atoms with Crippen LogP contribution >= 0.6 is 0 Å². The maximum absolute atomic E-state index is 9.33. The fourth-order valence-electron chi connectivity index (χ4n) is 3.53. The summed E-state index contributed by atoms with van der Waals surface area (Å²) in [6.07, 6.45) is 14.6. The van der Waals surface area contributed by atoms with Crippen LogP contribution in [0.1, 0.15) is 57.9 Å². The Hall–Kier alpha value is -2.98. The van der Waals surface area contributed by atoms with Crippen molar-refractivity contribution in [2.24, 2.45) is 0 Å². The van der Waals surface area contributed by atoms with Crippen molar-refractivity contribution in [3.63, 3.8) is 0 Å². The molecule has 4 heteroatoms. The van der Waals surface area contributed by atoms with Crippen LogP contribution in [0.25, 0.3) is 28.6 Å². The van der Waals surface area contributed by atoms with E-state index in [-0.39, 0.29) is 5.75 Å². The molecular formula is C28H34N2O2. The summed E-state index contributed by atoms with van der Waals surface area (Å²) in [6, 6.07) is 16.8. The first kappa shape index (κ1) is 23.7. The maximum atomic E-state index is 9.33. The molecule has 1 aromatic heterocycles. The average molecular weight is 431 g/mol. The van der Waals surface area contributed by atoms with E-state index in [0.717, 1.165) is 37.0 Å². The Morgan fingerprint density at radius 1 is 0.875 bits per heavy atom. The van der Waals surface area contributed by atoms with Gasteiger partial charge in [0.2, 0.25) is 0 Å². The zero-order valence-electron chi connectivity index (χ0n) is 19.2. The zero-order chi connectivity index (χ0) is 22.6. The van der Waals surface area contributed by atoms with Gasteiger partial charge in [0.25, 0.3) is 0 Å². The number of nitrogens with zero attached hydrogens (tertiary/aromatic N) is 2. The van der Waals surface area contributed by atoms with E-state index in [9.17, 15) is 5.11 Å². The van der Waals surface area contributed by atoms with E-state index in [2.05, 4.69) is 72.4 Å². The molecule has 1 N–H and O–H groups in total. The van der Waals surface area contributed by atoms with Crippen molar-refractivity contribution in [1.29, 1.82) is 0 Å². The van der Waals surface area contributed by atoms with Crippen LogP contribution in [0.5, 0.6) is 5.75 Å². The molecule has 32 heavy (non-hydrogen) atoms. The number of hydrogen-bond acceptors (Lipinski definition) is 4. The molecule has 168 valence electrons. The van der Waals surface area contributed by atoms with Crippen LogP contribution in [-0.4, -0.2) is 27.8 Å². The number of ether oxygens (including phenoxy) is 1. The predicted molar refractivity (Wildman–Crippen MR) is 132 cm³/mol. The van der Waals surface area contributed by atoms with Gasteiger partial charge >= 0.3 is 0 Å². The molecule has 4 nitrogen and oxygen atoms in total. The molecule has 0 spiro atoms. The molecule has 0 aliphatic heterocycles. The Morgan fingerprint density at radius 2 is 1.50 bits per heavy atom. The standard InChI is InChI=1S/C28H34N2O2/c1-3-4-8-19-32-22(2)9-6-5-7-10-23-11-13-24(14-12-23)25-15-17-26(18-16-25)28-29-20-27(31)21-30-28/h7,10-18,20-22,31H,3-6,8-9,19H2,1-2H3. The molecule has 3 aromatic rings. The Labute approximate surface area is 192 Å². The van der Waals surface area contributed by atoms with Crippen LogP contribution in [0.3, 0.4) is 0 Å². The lowest BCUT2D eigenvalue weighted by atomic mass is 10.0. The second-order valence-corrected chi connectivity index (χ2v) is 8.19. The van der Waals surface area contributed by atoms with Gasteiger partial charge in [-0.25, -0.2) is 9.97 Å². The fraction of sp³-hybridized carbons (Fsp3) is 0.357. The minimum atomic E-state index is 0.0703. The van der Waals surface area contributed by atoms with Gasteiger partial charge in [-0.05, 0) is 49.3 Å². The molecule has 2 aromatic carbocycles. The summed E-state index contributed by atoms with van der Waals surface area (Å²) in [6.45, 7) is 5.29.